The van der Waals surface area contributed by atoms with Gasteiger partial charge in [0.05, 0.1) is 0 Å². The lowest BCUT2D eigenvalue weighted by Gasteiger charge is -2.34. The molecule has 1 aromatic rings. The summed E-state index contributed by atoms with van der Waals surface area (Å²) in [5, 5.41) is 12.2. The molecule has 0 radical (unpaired) electrons. The summed E-state index contributed by atoms with van der Waals surface area (Å²) in [6.45, 7) is 0. The van der Waals surface area contributed by atoms with Crippen molar-refractivity contribution in [2.75, 3.05) is 11.5 Å². The van der Waals surface area contributed by atoms with Gasteiger partial charge < -0.3 is 15.2 Å². The maximum absolute atomic E-state index is 12.4. The molecule has 6 heteroatoms. The van der Waals surface area contributed by atoms with Gasteiger partial charge in [0.2, 0.25) is 0 Å². The highest BCUT2D eigenvalue weighted by Crippen LogP contribution is 2.30. The largest absolute Gasteiger partial charge is 0.480 e. The summed E-state index contributed by atoms with van der Waals surface area (Å²) in [5.41, 5.74) is -0.151. The average molecular weight is 307 g/mol. The molecule has 2 aliphatic rings. The zero-order valence-electron chi connectivity index (χ0n) is 11.5. The molecule has 1 amide bonds. The topological polar surface area (TPSA) is 75.6 Å². The Balaban J connectivity index is 1.70. The molecule has 1 atom stereocenters. The molecule has 0 bridgehead atoms. The number of thioether (sulfide) groups is 1. The van der Waals surface area contributed by atoms with Crippen LogP contribution in [0.25, 0.3) is 0 Å². The highest BCUT2D eigenvalue weighted by Gasteiger charge is 2.43. The second-order valence-electron chi connectivity index (χ2n) is 5.41. The molecule has 0 spiro atoms. The average Bonchev–Trinajstić information content (AvgIpc) is 2.92. The van der Waals surface area contributed by atoms with E-state index in [0.29, 0.717) is 25.0 Å². The zero-order valence-corrected chi connectivity index (χ0v) is 12.3. The number of nitrogens with one attached hydrogen (secondary N) is 1. The highest BCUT2D eigenvalue weighted by molar-refractivity contribution is 7.99. The molecule has 1 unspecified atom stereocenters. The van der Waals surface area contributed by atoms with Crippen molar-refractivity contribution < 1.29 is 19.4 Å². The van der Waals surface area contributed by atoms with E-state index >= 15 is 0 Å². The molecule has 3 rings (SSSR count). The number of carboxylic acid groups (broad SMARTS) is 1. The maximum atomic E-state index is 12.4. The van der Waals surface area contributed by atoms with Crippen LogP contribution in [0.4, 0.5) is 0 Å². The summed E-state index contributed by atoms with van der Waals surface area (Å²) in [5.74, 6) is 0.921. The maximum Gasteiger partial charge on any atom is 0.329 e. The van der Waals surface area contributed by atoms with Crippen molar-refractivity contribution in [1.82, 2.24) is 5.32 Å². The number of carbonyl (C=O) groups excluding carboxylic acids is 1. The third kappa shape index (κ3) is 2.72. The molecule has 1 fully saturated rings. The Labute approximate surface area is 127 Å². The van der Waals surface area contributed by atoms with Crippen molar-refractivity contribution in [3.63, 3.8) is 0 Å². The van der Waals surface area contributed by atoms with Gasteiger partial charge in [0.15, 0.2) is 6.10 Å². The van der Waals surface area contributed by atoms with Gasteiger partial charge in [-0.15, -0.1) is 0 Å². The fourth-order valence-electron chi connectivity index (χ4n) is 2.76. The van der Waals surface area contributed by atoms with Gasteiger partial charge in [-0.3, -0.25) is 4.79 Å². The Bertz CT molecular complexity index is 544. The molecular weight excluding hydrogens is 290 g/mol. The number of amides is 1. The second kappa shape index (κ2) is 5.60. The normalized spacial score (nSPS) is 23.0. The van der Waals surface area contributed by atoms with Gasteiger partial charge in [0.1, 0.15) is 11.3 Å². The first-order valence-electron chi connectivity index (χ1n) is 6.98. The summed E-state index contributed by atoms with van der Waals surface area (Å²) in [6.07, 6.45) is 0.775. The summed E-state index contributed by atoms with van der Waals surface area (Å²) in [7, 11) is 0. The predicted molar refractivity (Wildman–Crippen MR) is 79.6 cm³/mol. The summed E-state index contributed by atoms with van der Waals surface area (Å²) >= 11 is 1.72. The van der Waals surface area contributed by atoms with E-state index in [1.54, 1.807) is 11.8 Å². The quantitative estimate of drug-likeness (QED) is 0.884. The van der Waals surface area contributed by atoms with Crippen molar-refractivity contribution in [1.29, 1.82) is 0 Å². The van der Waals surface area contributed by atoms with E-state index in [-0.39, 0.29) is 5.91 Å². The molecule has 0 aliphatic carbocycles. The van der Waals surface area contributed by atoms with Crippen LogP contribution in [-0.2, 0) is 16.0 Å². The number of hydrogen-bond donors (Lipinski definition) is 2. The van der Waals surface area contributed by atoms with Crippen LogP contribution in [-0.4, -0.2) is 40.1 Å². The third-order valence-corrected chi connectivity index (χ3v) is 5.04. The number of carbonyl (C=O) groups is 2. The van der Waals surface area contributed by atoms with Crippen molar-refractivity contribution in [2.45, 2.75) is 30.9 Å². The third-order valence-electron chi connectivity index (χ3n) is 4.06. The van der Waals surface area contributed by atoms with Gasteiger partial charge in [-0.1, -0.05) is 18.2 Å². The lowest BCUT2D eigenvalue weighted by atomic mass is 9.92. The molecule has 0 aromatic heterocycles. The zero-order chi connectivity index (χ0) is 14.9. The minimum Gasteiger partial charge on any atom is -0.480 e. The number of fused-ring (bicyclic) bond motifs is 1. The lowest BCUT2D eigenvalue weighted by molar-refractivity contribution is -0.149. The van der Waals surface area contributed by atoms with Crippen molar-refractivity contribution >= 4 is 23.6 Å². The van der Waals surface area contributed by atoms with Crippen LogP contribution in [0.5, 0.6) is 5.75 Å². The van der Waals surface area contributed by atoms with E-state index in [0.717, 1.165) is 17.1 Å². The fraction of sp³-hybridized carbons (Fsp3) is 0.467. The predicted octanol–water partition coefficient (Wildman–Crippen LogP) is 1.46. The van der Waals surface area contributed by atoms with Gasteiger partial charge in [0.25, 0.3) is 5.91 Å². The molecule has 0 saturated carbocycles. The molecule has 112 valence electrons. The number of hydrogen-bond acceptors (Lipinski definition) is 4. The highest BCUT2D eigenvalue weighted by atomic mass is 32.2. The SMILES string of the molecule is O=C(NC1(C(=O)O)CCSCC1)C1Cc2ccccc2O1. The van der Waals surface area contributed by atoms with Crippen molar-refractivity contribution in [3.8, 4) is 5.75 Å². The van der Waals surface area contributed by atoms with Crippen LogP contribution >= 0.6 is 11.8 Å². The van der Waals surface area contributed by atoms with E-state index in [1.807, 2.05) is 24.3 Å². The molecule has 5 nitrogen and oxygen atoms in total. The van der Waals surface area contributed by atoms with Gasteiger partial charge >= 0.3 is 5.97 Å². The molecule has 2 N–H and O–H groups in total. The Morgan fingerprint density at radius 1 is 1.29 bits per heavy atom. The van der Waals surface area contributed by atoms with Gasteiger partial charge in [-0.05, 0) is 36.0 Å². The van der Waals surface area contributed by atoms with Crippen LogP contribution in [0.1, 0.15) is 18.4 Å². The Hall–Kier alpha value is -1.69. The summed E-state index contributed by atoms with van der Waals surface area (Å²) in [4.78, 5) is 24.0. The van der Waals surface area contributed by atoms with Gasteiger partial charge in [-0.2, -0.15) is 11.8 Å². The van der Waals surface area contributed by atoms with Crippen LogP contribution in [0.2, 0.25) is 0 Å². The van der Waals surface area contributed by atoms with Crippen molar-refractivity contribution in [2.24, 2.45) is 0 Å². The lowest BCUT2D eigenvalue weighted by Crippen LogP contribution is -2.59. The fourth-order valence-corrected chi connectivity index (χ4v) is 3.95. The minimum absolute atomic E-state index is 0.333. The smallest absolute Gasteiger partial charge is 0.329 e. The van der Waals surface area contributed by atoms with Gasteiger partial charge in [0, 0.05) is 6.42 Å². The number of benzene rings is 1. The molecular formula is C15H17NO4S. The second-order valence-corrected chi connectivity index (χ2v) is 6.63. The Morgan fingerprint density at radius 3 is 2.67 bits per heavy atom. The van der Waals surface area contributed by atoms with Crippen LogP contribution in [0.15, 0.2) is 24.3 Å². The number of carboxylic acids is 1. The molecule has 2 aliphatic heterocycles. The first-order chi connectivity index (χ1) is 10.1. The van der Waals surface area contributed by atoms with Crippen LogP contribution in [0.3, 0.4) is 0 Å². The minimum atomic E-state index is -1.14. The van der Waals surface area contributed by atoms with Crippen LogP contribution in [0, 0.1) is 0 Å². The first kappa shape index (κ1) is 14.3. The Morgan fingerprint density at radius 2 is 2.00 bits per heavy atom. The van der Waals surface area contributed by atoms with Crippen LogP contribution < -0.4 is 10.1 Å². The number of aliphatic carboxylic acids is 1. The molecule has 2 heterocycles. The van der Waals surface area contributed by atoms with E-state index in [4.69, 9.17) is 4.74 Å². The number of para-hydroxylation sites is 1. The Kier molecular flexibility index (Phi) is 3.80. The van der Waals surface area contributed by atoms with E-state index in [9.17, 15) is 14.7 Å². The molecule has 1 saturated heterocycles. The summed E-state index contributed by atoms with van der Waals surface area (Å²) < 4.78 is 5.62. The first-order valence-corrected chi connectivity index (χ1v) is 8.14. The van der Waals surface area contributed by atoms with E-state index in [1.165, 1.54) is 0 Å². The number of rotatable bonds is 3. The van der Waals surface area contributed by atoms with E-state index < -0.39 is 17.6 Å². The summed E-state index contributed by atoms with van der Waals surface area (Å²) in [6, 6.07) is 7.51. The molecule has 1 aromatic carbocycles. The standard InChI is InChI=1S/C15H17NO4S/c17-13(12-9-10-3-1-2-4-11(10)20-12)16-15(14(18)19)5-7-21-8-6-15/h1-4,12H,5-9H2,(H,16,17)(H,18,19). The number of ether oxygens (including phenoxy) is 1. The molecule has 21 heavy (non-hydrogen) atoms. The monoisotopic (exact) mass is 307 g/mol. The van der Waals surface area contributed by atoms with Crippen molar-refractivity contribution in [3.05, 3.63) is 29.8 Å². The van der Waals surface area contributed by atoms with Gasteiger partial charge in [-0.25, -0.2) is 4.79 Å². The van der Waals surface area contributed by atoms with E-state index in [2.05, 4.69) is 5.32 Å².